The van der Waals surface area contributed by atoms with Gasteiger partial charge < -0.3 is 15.5 Å². The van der Waals surface area contributed by atoms with Crippen molar-refractivity contribution in [1.82, 2.24) is 5.32 Å². The van der Waals surface area contributed by atoms with E-state index in [0.29, 0.717) is 10.1 Å². The molecule has 0 aromatic heterocycles. The van der Waals surface area contributed by atoms with Crippen molar-refractivity contribution in [3.05, 3.63) is 59.1 Å². The van der Waals surface area contributed by atoms with E-state index in [4.69, 9.17) is 23.8 Å². The number of nitrogens with zero attached hydrogens (tertiary/aromatic N) is 1. The van der Waals surface area contributed by atoms with E-state index in [0.717, 1.165) is 24.7 Å². The minimum absolute atomic E-state index is 0.118. The summed E-state index contributed by atoms with van der Waals surface area (Å²) in [5.41, 5.74) is 3.33. The van der Waals surface area contributed by atoms with Gasteiger partial charge in [-0.1, -0.05) is 42.8 Å². The highest BCUT2D eigenvalue weighted by molar-refractivity contribution is 7.80. The SMILES string of the molecule is CC1CCN(c2ccc(C(C)NC(=S)Nc3ccccc3Cl)cc2)CC1. The van der Waals surface area contributed by atoms with E-state index in [-0.39, 0.29) is 6.04 Å². The van der Waals surface area contributed by atoms with E-state index in [1.165, 1.54) is 24.1 Å². The van der Waals surface area contributed by atoms with Gasteiger partial charge in [0.15, 0.2) is 5.11 Å². The van der Waals surface area contributed by atoms with Crippen LogP contribution in [0.2, 0.25) is 5.02 Å². The Morgan fingerprint density at radius 1 is 1.12 bits per heavy atom. The van der Waals surface area contributed by atoms with Crippen LogP contribution in [0.1, 0.15) is 38.3 Å². The van der Waals surface area contributed by atoms with E-state index in [1.807, 2.05) is 24.3 Å². The number of benzene rings is 2. The first kappa shape index (κ1) is 19.0. The minimum atomic E-state index is 0.118. The number of piperidine rings is 1. The van der Waals surface area contributed by atoms with Crippen LogP contribution in [0.4, 0.5) is 11.4 Å². The fourth-order valence-corrected chi connectivity index (χ4v) is 3.71. The molecule has 0 saturated carbocycles. The molecule has 0 bridgehead atoms. The lowest BCUT2D eigenvalue weighted by Gasteiger charge is -2.32. The Hall–Kier alpha value is -1.78. The largest absolute Gasteiger partial charge is 0.372 e. The van der Waals surface area contributed by atoms with Crippen LogP contribution in [0.25, 0.3) is 0 Å². The van der Waals surface area contributed by atoms with Crippen molar-refractivity contribution in [2.75, 3.05) is 23.3 Å². The smallest absolute Gasteiger partial charge is 0.171 e. The minimum Gasteiger partial charge on any atom is -0.372 e. The van der Waals surface area contributed by atoms with Crippen LogP contribution in [0.5, 0.6) is 0 Å². The summed E-state index contributed by atoms with van der Waals surface area (Å²) in [6.07, 6.45) is 2.56. The molecule has 1 saturated heterocycles. The number of hydrogen-bond donors (Lipinski definition) is 2. The molecule has 1 atom stereocenters. The topological polar surface area (TPSA) is 27.3 Å². The molecule has 0 spiro atoms. The van der Waals surface area contributed by atoms with Crippen LogP contribution in [0, 0.1) is 5.92 Å². The third kappa shape index (κ3) is 4.89. The van der Waals surface area contributed by atoms with Gasteiger partial charge in [-0.25, -0.2) is 0 Å². The molecule has 0 aliphatic carbocycles. The van der Waals surface area contributed by atoms with Crippen molar-refractivity contribution >= 4 is 40.3 Å². The van der Waals surface area contributed by atoms with Gasteiger partial charge in [-0.3, -0.25) is 0 Å². The molecule has 138 valence electrons. The summed E-state index contributed by atoms with van der Waals surface area (Å²) >= 11 is 11.6. The van der Waals surface area contributed by atoms with Crippen molar-refractivity contribution in [3.8, 4) is 0 Å². The van der Waals surface area contributed by atoms with Crippen LogP contribution in [0.3, 0.4) is 0 Å². The summed E-state index contributed by atoms with van der Waals surface area (Å²) in [6.45, 7) is 6.76. The highest BCUT2D eigenvalue weighted by Crippen LogP contribution is 2.25. The number of rotatable bonds is 4. The number of para-hydroxylation sites is 1. The van der Waals surface area contributed by atoms with Gasteiger partial charge in [0.2, 0.25) is 0 Å². The molecule has 1 unspecified atom stereocenters. The first-order chi connectivity index (χ1) is 12.5. The Bertz CT molecular complexity index is 739. The van der Waals surface area contributed by atoms with E-state index in [2.05, 4.69) is 53.6 Å². The molecule has 1 aliphatic heterocycles. The molecular weight excluding hydrogens is 362 g/mol. The summed E-state index contributed by atoms with van der Waals surface area (Å²) in [4.78, 5) is 2.48. The molecule has 1 fully saturated rings. The zero-order chi connectivity index (χ0) is 18.5. The second kappa shape index (κ2) is 8.74. The first-order valence-corrected chi connectivity index (χ1v) is 9.98. The molecule has 3 nitrogen and oxygen atoms in total. The Kier molecular flexibility index (Phi) is 6.38. The normalized spacial score (nSPS) is 16.2. The van der Waals surface area contributed by atoms with Gasteiger partial charge in [0, 0.05) is 18.8 Å². The average Bonchev–Trinajstić information content (AvgIpc) is 2.64. The molecule has 1 aliphatic rings. The van der Waals surface area contributed by atoms with Gasteiger partial charge in [0.1, 0.15) is 0 Å². The Balaban J connectivity index is 1.57. The van der Waals surface area contributed by atoms with Crippen LogP contribution >= 0.6 is 23.8 Å². The monoisotopic (exact) mass is 387 g/mol. The molecule has 5 heteroatoms. The van der Waals surface area contributed by atoms with E-state index >= 15 is 0 Å². The summed E-state index contributed by atoms with van der Waals surface area (Å²) in [6, 6.07) is 16.5. The second-order valence-electron chi connectivity index (χ2n) is 7.06. The maximum Gasteiger partial charge on any atom is 0.171 e. The third-order valence-corrected chi connectivity index (χ3v) is 5.56. The zero-order valence-electron chi connectivity index (χ0n) is 15.3. The van der Waals surface area contributed by atoms with Crippen LogP contribution in [0.15, 0.2) is 48.5 Å². The molecule has 3 rings (SSSR count). The van der Waals surface area contributed by atoms with E-state index in [1.54, 1.807) is 0 Å². The predicted molar refractivity (Wildman–Crippen MR) is 116 cm³/mol. The molecule has 0 amide bonds. The maximum absolute atomic E-state index is 6.17. The van der Waals surface area contributed by atoms with Crippen LogP contribution in [-0.4, -0.2) is 18.2 Å². The molecule has 2 aromatic rings. The Morgan fingerprint density at radius 2 is 1.77 bits per heavy atom. The highest BCUT2D eigenvalue weighted by atomic mass is 35.5. The van der Waals surface area contributed by atoms with Crippen molar-refractivity contribution in [2.24, 2.45) is 5.92 Å². The predicted octanol–water partition coefficient (Wildman–Crippen LogP) is 5.62. The summed E-state index contributed by atoms with van der Waals surface area (Å²) in [5.74, 6) is 0.848. The molecule has 2 aromatic carbocycles. The summed E-state index contributed by atoms with van der Waals surface area (Å²) in [5, 5.41) is 7.71. The van der Waals surface area contributed by atoms with Gasteiger partial charge in [-0.2, -0.15) is 0 Å². The van der Waals surface area contributed by atoms with E-state index in [9.17, 15) is 0 Å². The fraction of sp³-hybridized carbons (Fsp3) is 0.381. The van der Waals surface area contributed by atoms with Crippen LogP contribution in [-0.2, 0) is 0 Å². The number of nitrogens with one attached hydrogen (secondary N) is 2. The summed E-state index contributed by atoms with van der Waals surface area (Å²) < 4.78 is 0. The molecule has 2 N–H and O–H groups in total. The van der Waals surface area contributed by atoms with Crippen molar-refractivity contribution in [3.63, 3.8) is 0 Å². The second-order valence-corrected chi connectivity index (χ2v) is 7.88. The lowest BCUT2D eigenvalue weighted by atomic mass is 9.98. The quantitative estimate of drug-likeness (QED) is 0.665. The van der Waals surface area contributed by atoms with Crippen molar-refractivity contribution in [2.45, 2.75) is 32.7 Å². The molecule has 1 heterocycles. The van der Waals surface area contributed by atoms with Crippen molar-refractivity contribution in [1.29, 1.82) is 0 Å². The first-order valence-electron chi connectivity index (χ1n) is 9.20. The number of halogens is 1. The number of anilines is 2. The zero-order valence-corrected chi connectivity index (χ0v) is 16.9. The van der Waals surface area contributed by atoms with Gasteiger partial charge in [-0.05, 0) is 67.7 Å². The highest BCUT2D eigenvalue weighted by Gasteiger charge is 2.16. The van der Waals surface area contributed by atoms with E-state index < -0.39 is 0 Å². The molecule has 26 heavy (non-hydrogen) atoms. The van der Waals surface area contributed by atoms with Gasteiger partial charge in [0.05, 0.1) is 16.8 Å². The third-order valence-electron chi connectivity index (χ3n) is 5.01. The number of thiocarbonyl (C=S) groups is 1. The average molecular weight is 388 g/mol. The maximum atomic E-state index is 6.17. The Labute approximate surface area is 166 Å². The van der Waals surface area contributed by atoms with Gasteiger partial charge in [-0.15, -0.1) is 0 Å². The summed E-state index contributed by atoms with van der Waals surface area (Å²) in [7, 11) is 0. The standard InChI is InChI=1S/C21H26ClN3S/c1-15-11-13-25(14-12-15)18-9-7-17(8-10-18)16(2)23-21(26)24-20-6-4-3-5-19(20)22/h3-10,15-16H,11-14H2,1-2H3,(H2,23,24,26). The number of hydrogen-bond acceptors (Lipinski definition) is 2. The van der Waals surface area contributed by atoms with Gasteiger partial charge >= 0.3 is 0 Å². The fourth-order valence-electron chi connectivity index (χ4n) is 3.24. The lowest BCUT2D eigenvalue weighted by molar-refractivity contribution is 0.438. The lowest BCUT2D eigenvalue weighted by Crippen LogP contribution is -2.33. The van der Waals surface area contributed by atoms with Crippen LogP contribution < -0.4 is 15.5 Å². The van der Waals surface area contributed by atoms with Crippen molar-refractivity contribution < 1.29 is 0 Å². The molecule has 0 radical (unpaired) electrons. The Morgan fingerprint density at radius 3 is 2.42 bits per heavy atom. The van der Waals surface area contributed by atoms with Gasteiger partial charge in [0.25, 0.3) is 0 Å². The molecular formula is C21H26ClN3S.